The lowest BCUT2D eigenvalue weighted by Crippen LogP contribution is -2.33. The van der Waals surface area contributed by atoms with Crippen LogP contribution in [0.3, 0.4) is 0 Å². The lowest BCUT2D eigenvalue weighted by molar-refractivity contribution is -0.130. The molecular weight excluding hydrogens is 265 g/mol. The second-order valence-corrected chi connectivity index (χ2v) is 5.01. The van der Waals surface area contributed by atoms with E-state index in [1.165, 1.54) is 17.7 Å². The number of hydrogen-bond acceptors (Lipinski definition) is 1. The molecule has 0 aliphatic rings. The maximum atomic E-state index is 12.9. The van der Waals surface area contributed by atoms with Crippen molar-refractivity contribution in [1.29, 1.82) is 0 Å². The molecule has 2 nitrogen and oxygen atoms in total. The van der Waals surface area contributed by atoms with Gasteiger partial charge < -0.3 is 4.90 Å². The van der Waals surface area contributed by atoms with Gasteiger partial charge in [0.25, 0.3) is 0 Å². The minimum absolute atomic E-state index is 0.0834. The average Bonchev–Trinajstić information content (AvgIpc) is 2.51. The molecule has 21 heavy (non-hydrogen) atoms. The Balaban J connectivity index is 1.90. The van der Waals surface area contributed by atoms with Crippen LogP contribution in [0.25, 0.3) is 0 Å². The molecule has 2 aromatic rings. The van der Waals surface area contributed by atoms with Gasteiger partial charge >= 0.3 is 0 Å². The zero-order chi connectivity index (χ0) is 15.1. The molecule has 0 aliphatic carbocycles. The third-order valence-electron chi connectivity index (χ3n) is 3.52. The number of nitrogens with zero attached hydrogens (tertiary/aromatic N) is 1. The summed E-state index contributed by atoms with van der Waals surface area (Å²) in [5, 5.41) is 0. The van der Waals surface area contributed by atoms with Crippen molar-refractivity contribution in [2.24, 2.45) is 0 Å². The van der Waals surface area contributed by atoms with E-state index < -0.39 is 0 Å². The molecule has 3 heteroatoms. The minimum atomic E-state index is -0.275. The van der Waals surface area contributed by atoms with Crippen LogP contribution in [0.15, 0.2) is 54.6 Å². The summed E-state index contributed by atoms with van der Waals surface area (Å²) >= 11 is 0. The number of amides is 1. The molecule has 0 aliphatic heterocycles. The van der Waals surface area contributed by atoms with Crippen LogP contribution >= 0.6 is 0 Å². The number of carbonyl (C=O) groups is 1. The van der Waals surface area contributed by atoms with Crippen LogP contribution in [0.1, 0.15) is 18.1 Å². The summed E-state index contributed by atoms with van der Waals surface area (Å²) in [5.41, 5.74) is 2.07. The molecule has 0 heterocycles. The van der Waals surface area contributed by atoms with Crippen molar-refractivity contribution < 1.29 is 9.18 Å². The van der Waals surface area contributed by atoms with Crippen molar-refractivity contribution in [3.63, 3.8) is 0 Å². The summed E-state index contributed by atoms with van der Waals surface area (Å²) in [6.07, 6.45) is 1.17. The Hall–Kier alpha value is -2.16. The second kappa shape index (κ2) is 7.58. The molecule has 2 rings (SSSR count). The van der Waals surface area contributed by atoms with Crippen LogP contribution in [0, 0.1) is 5.82 Å². The summed E-state index contributed by atoms with van der Waals surface area (Å²) in [6.45, 7) is 3.38. The molecule has 0 saturated heterocycles. The molecule has 0 aromatic heterocycles. The topological polar surface area (TPSA) is 20.3 Å². The van der Waals surface area contributed by atoms with Gasteiger partial charge in [-0.15, -0.1) is 0 Å². The van der Waals surface area contributed by atoms with Gasteiger partial charge in [-0.25, -0.2) is 4.39 Å². The first-order valence-electron chi connectivity index (χ1n) is 7.25. The predicted octanol–water partition coefficient (Wildman–Crippen LogP) is 3.46. The van der Waals surface area contributed by atoms with Crippen molar-refractivity contribution in [2.45, 2.75) is 19.8 Å². The van der Waals surface area contributed by atoms with Gasteiger partial charge in [-0.2, -0.15) is 0 Å². The zero-order valence-corrected chi connectivity index (χ0v) is 12.3. The maximum absolute atomic E-state index is 12.9. The molecular formula is C18H20FNO. The first kappa shape index (κ1) is 15.2. The SMILES string of the molecule is CCN(CCc1ccccc1)C(=O)Cc1ccc(F)cc1. The van der Waals surface area contributed by atoms with E-state index in [0.717, 1.165) is 12.0 Å². The molecule has 0 spiro atoms. The van der Waals surface area contributed by atoms with Crippen LogP contribution in [0.4, 0.5) is 4.39 Å². The lowest BCUT2D eigenvalue weighted by Gasteiger charge is -2.21. The summed E-state index contributed by atoms with van der Waals surface area (Å²) in [6, 6.07) is 16.2. The van der Waals surface area contributed by atoms with Gasteiger partial charge in [0.15, 0.2) is 0 Å². The summed E-state index contributed by atoms with van der Waals surface area (Å²) in [5.74, 6) is -0.192. The van der Waals surface area contributed by atoms with Crippen molar-refractivity contribution in [3.05, 3.63) is 71.5 Å². The molecule has 0 N–H and O–H groups in total. The predicted molar refractivity (Wildman–Crippen MR) is 82.5 cm³/mol. The van der Waals surface area contributed by atoms with E-state index in [9.17, 15) is 9.18 Å². The van der Waals surface area contributed by atoms with E-state index in [4.69, 9.17) is 0 Å². The number of likely N-dealkylation sites (N-methyl/N-ethyl adjacent to an activating group) is 1. The van der Waals surface area contributed by atoms with Gasteiger partial charge in [0.2, 0.25) is 5.91 Å². The fourth-order valence-electron chi connectivity index (χ4n) is 2.26. The third-order valence-corrected chi connectivity index (χ3v) is 3.52. The Morgan fingerprint density at radius 3 is 2.29 bits per heavy atom. The number of rotatable bonds is 6. The van der Waals surface area contributed by atoms with E-state index in [-0.39, 0.29) is 11.7 Å². The quantitative estimate of drug-likeness (QED) is 0.796. The van der Waals surface area contributed by atoms with Crippen LogP contribution in [0.2, 0.25) is 0 Å². The Labute approximate surface area is 125 Å². The second-order valence-electron chi connectivity index (χ2n) is 5.01. The molecule has 0 bridgehead atoms. The maximum Gasteiger partial charge on any atom is 0.226 e. The minimum Gasteiger partial charge on any atom is -0.342 e. The molecule has 1 amide bonds. The van der Waals surface area contributed by atoms with Crippen molar-refractivity contribution >= 4 is 5.91 Å². The monoisotopic (exact) mass is 285 g/mol. The van der Waals surface area contributed by atoms with E-state index >= 15 is 0 Å². The van der Waals surface area contributed by atoms with Crippen LogP contribution in [0.5, 0.6) is 0 Å². The molecule has 0 unspecified atom stereocenters. The highest BCUT2D eigenvalue weighted by Crippen LogP contribution is 2.07. The van der Waals surface area contributed by atoms with Gasteiger partial charge in [0.05, 0.1) is 6.42 Å². The Morgan fingerprint density at radius 1 is 1.00 bits per heavy atom. The normalized spacial score (nSPS) is 10.4. The first-order valence-corrected chi connectivity index (χ1v) is 7.25. The van der Waals surface area contributed by atoms with Gasteiger partial charge in [-0.3, -0.25) is 4.79 Å². The molecule has 0 saturated carbocycles. The summed E-state index contributed by atoms with van der Waals surface area (Å²) in [7, 11) is 0. The number of benzene rings is 2. The van der Waals surface area contributed by atoms with E-state index in [2.05, 4.69) is 12.1 Å². The van der Waals surface area contributed by atoms with Crippen LogP contribution in [-0.4, -0.2) is 23.9 Å². The van der Waals surface area contributed by atoms with Gasteiger partial charge in [0.1, 0.15) is 5.82 Å². The standard InChI is InChI=1S/C18H20FNO/c1-2-20(13-12-15-6-4-3-5-7-15)18(21)14-16-8-10-17(19)11-9-16/h3-11H,2,12-14H2,1H3. The number of hydrogen-bond donors (Lipinski definition) is 0. The Morgan fingerprint density at radius 2 is 1.67 bits per heavy atom. The molecule has 110 valence electrons. The van der Waals surface area contributed by atoms with Gasteiger partial charge in [0, 0.05) is 13.1 Å². The molecule has 2 aromatic carbocycles. The van der Waals surface area contributed by atoms with Crippen molar-refractivity contribution in [3.8, 4) is 0 Å². The average molecular weight is 285 g/mol. The smallest absolute Gasteiger partial charge is 0.226 e. The Bertz CT molecular complexity index is 566. The number of carbonyl (C=O) groups excluding carboxylic acids is 1. The molecule has 0 radical (unpaired) electrons. The zero-order valence-electron chi connectivity index (χ0n) is 12.3. The largest absolute Gasteiger partial charge is 0.342 e. The first-order chi connectivity index (χ1) is 10.2. The summed E-state index contributed by atoms with van der Waals surface area (Å²) in [4.78, 5) is 14.1. The van der Waals surface area contributed by atoms with Gasteiger partial charge in [-0.1, -0.05) is 42.5 Å². The highest BCUT2D eigenvalue weighted by Gasteiger charge is 2.12. The van der Waals surface area contributed by atoms with E-state index in [1.807, 2.05) is 30.0 Å². The number of halogens is 1. The highest BCUT2D eigenvalue weighted by molar-refractivity contribution is 5.78. The van der Waals surface area contributed by atoms with Crippen LogP contribution < -0.4 is 0 Å². The van der Waals surface area contributed by atoms with E-state index in [1.54, 1.807) is 12.1 Å². The van der Waals surface area contributed by atoms with E-state index in [0.29, 0.717) is 19.5 Å². The summed E-state index contributed by atoms with van der Waals surface area (Å²) < 4.78 is 12.9. The van der Waals surface area contributed by atoms with Gasteiger partial charge in [-0.05, 0) is 36.6 Å². The van der Waals surface area contributed by atoms with Crippen LogP contribution in [-0.2, 0) is 17.6 Å². The molecule has 0 atom stereocenters. The highest BCUT2D eigenvalue weighted by atomic mass is 19.1. The third kappa shape index (κ3) is 4.71. The Kier molecular flexibility index (Phi) is 5.50. The molecule has 0 fully saturated rings. The van der Waals surface area contributed by atoms with Crippen molar-refractivity contribution in [2.75, 3.05) is 13.1 Å². The fraction of sp³-hybridized carbons (Fsp3) is 0.278. The van der Waals surface area contributed by atoms with Crippen molar-refractivity contribution in [1.82, 2.24) is 4.90 Å². The lowest BCUT2D eigenvalue weighted by atomic mass is 10.1. The fourth-order valence-corrected chi connectivity index (χ4v) is 2.26.